The molecule has 0 aromatic rings. The Balaban J connectivity index is 0.000000233. The molecule has 0 atom stereocenters. The van der Waals surface area contributed by atoms with Crippen molar-refractivity contribution in [3.05, 3.63) is 0 Å². The number of halogens is 9. The molecule has 3 nitrogen and oxygen atoms in total. The first kappa shape index (κ1) is 28.9. The fraction of sp³-hybridized carbons (Fsp3) is 1.00. The van der Waals surface area contributed by atoms with Crippen molar-refractivity contribution in [1.82, 2.24) is 0 Å². The molecule has 0 N–H and O–H groups in total. The molecule has 0 aromatic carbocycles. The molecule has 3 saturated carbocycles. The molecule has 0 amide bonds. The lowest BCUT2D eigenvalue weighted by Crippen LogP contribution is -2.63. The van der Waals surface area contributed by atoms with Gasteiger partial charge in [-0.05, 0) is 87.9 Å². The van der Waals surface area contributed by atoms with Crippen LogP contribution in [0.1, 0.15) is 77.0 Å². The van der Waals surface area contributed by atoms with Crippen LogP contribution in [-0.4, -0.2) is 52.0 Å². The highest BCUT2D eigenvalue weighted by atomic mass is 32.2. The fourth-order valence-corrected chi connectivity index (χ4v) is 9.52. The van der Waals surface area contributed by atoms with Gasteiger partial charge in [-0.3, -0.25) is 0 Å². The second-order valence-electron chi connectivity index (χ2n) is 8.75. The Kier molecular flexibility index (Phi) is 9.02. The molecule has 3 aliphatic carbocycles. The van der Waals surface area contributed by atoms with Crippen LogP contribution < -0.4 is 0 Å². The standard InChI is InChI=1S/C15H27S.C4HF9O3S/c1-2-8-13(7-1)16(14-9-3-4-10-14)15-11-5-6-12-15;5-1(6,3(9,10)11)2(7,8)4(12,13)17(14,15)16/h13-15H,1-12H2;(H,14,15,16)/q+1;/p-1. The molecule has 0 heterocycles. The summed E-state index contributed by atoms with van der Waals surface area (Å²) in [6.45, 7) is 0. The van der Waals surface area contributed by atoms with E-state index < -0.39 is 33.4 Å². The van der Waals surface area contributed by atoms with Crippen molar-refractivity contribution >= 4 is 21.0 Å². The Bertz CT molecular complexity index is 700. The van der Waals surface area contributed by atoms with Gasteiger partial charge in [0, 0.05) is 0 Å². The van der Waals surface area contributed by atoms with Gasteiger partial charge in [0.1, 0.15) is 15.7 Å². The lowest BCUT2D eigenvalue weighted by molar-refractivity contribution is -0.382. The van der Waals surface area contributed by atoms with Gasteiger partial charge in [0.25, 0.3) is 0 Å². The van der Waals surface area contributed by atoms with Crippen LogP contribution in [0.4, 0.5) is 39.5 Å². The van der Waals surface area contributed by atoms with Crippen molar-refractivity contribution in [1.29, 1.82) is 0 Å². The highest BCUT2D eigenvalue weighted by Crippen LogP contribution is 2.54. The van der Waals surface area contributed by atoms with Crippen LogP contribution in [0.3, 0.4) is 0 Å². The molecule has 196 valence electrons. The lowest BCUT2D eigenvalue weighted by Gasteiger charge is -2.34. The maximum Gasteiger partial charge on any atom is 0.460 e. The molecule has 0 aliphatic heterocycles. The number of hydrogen-bond donors (Lipinski definition) is 0. The molecular weight excluding hydrogens is 511 g/mol. The van der Waals surface area contributed by atoms with Crippen molar-refractivity contribution < 1.29 is 52.5 Å². The zero-order valence-corrected chi connectivity index (χ0v) is 19.3. The molecule has 33 heavy (non-hydrogen) atoms. The Morgan fingerprint density at radius 3 is 1.06 bits per heavy atom. The topological polar surface area (TPSA) is 57.2 Å². The number of hydrogen-bond acceptors (Lipinski definition) is 3. The number of rotatable bonds is 6. The molecule has 3 rings (SSSR count). The molecule has 3 fully saturated rings. The molecule has 0 aromatic heterocycles. The third-order valence-corrected chi connectivity index (χ3v) is 11.1. The molecule has 14 heteroatoms. The van der Waals surface area contributed by atoms with Crippen LogP contribution in [0.2, 0.25) is 0 Å². The minimum atomic E-state index is -7.43. The van der Waals surface area contributed by atoms with E-state index >= 15 is 0 Å². The summed E-state index contributed by atoms with van der Waals surface area (Å²) in [5.41, 5.74) is 0. The Hall–Kier alpha value is -0.370. The Morgan fingerprint density at radius 1 is 0.576 bits per heavy atom. The highest BCUT2D eigenvalue weighted by molar-refractivity contribution is 7.98. The first-order valence-corrected chi connectivity index (χ1v) is 13.6. The van der Waals surface area contributed by atoms with Crippen molar-refractivity contribution in [3.63, 3.8) is 0 Å². The maximum absolute atomic E-state index is 12.2. The van der Waals surface area contributed by atoms with Gasteiger partial charge >= 0.3 is 23.3 Å². The highest BCUT2D eigenvalue weighted by Gasteiger charge is 2.83. The Morgan fingerprint density at radius 2 is 0.848 bits per heavy atom. The van der Waals surface area contributed by atoms with Gasteiger partial charge < -0.3 is 4.55 Å². The smallest absolute Gasteiger partial charge is 0.460 e. The van der Waals surface area contributed by atoms with Crippen molar-refractivity contribution in [2.45, 2.75) is 116 Å². The van der Waals surface area contributed by atoms with Crippen molar-refractivity contribution in [3.8, 4) is 0 Å². The van der Waals surface area contributed by atoms with Crippen LogP contribution in [0.25, 0.3) is 0 Å². The first-order chi connectivity index (χ1) is 14.9. The van der Waals surface area contributed by atoms with Crippen LogP contribution in [0.5, 0.6) is 0 Å². The second-order valence-corrected chi connectivity index (χ2v) is 13.0. The molecular formula is C19H27F9O3S2. The minimum absolute atomic E-state index is 0.850. The summed E-state index contributed by atoms with van der Waals surface area (Å²) >= 11 is 0. The summed E-state index contributed by atoms with van der Waals surface area (Å²) in [5, 5.41) is -3.59. The lowest BCUT2D eigenvalue weighted by atomic mass is 10.1. The van der Waals surface area contributed by atoms with E-state index in [-0.39, 0.29) is 0 Å². The average Bonchev–Trinajstić information content (AvgIpc) is 3.45. The molecule has 0 saturated heterocycles. The SMILES string of the molecule is C1CCC([S+](C2CCCC2)C2CCCC2)C1.O=S(=O)([O-])C(F)(F)C(F)(F)C(F)(F)C(F)(F)F. The summed E-state index contributed by atoms with van der Waals surface area (Å²) in [6.07, 6.45) is 11.7. The monoisotopic (exact) mass is 538 g/mol. The van der Waals surface area contributed by atoms with Gasteiger partial charge in [-0.1, -0.05) is 0 Å². The van der Waals surface area contributed by atoms with Crippen molar-refractivity contribution in [2.24, 2.45) is 0 Å². The van der Waals surface area contributed by atoms with E-state index in [2.05, 4.69) is 0 Å². The summed E-state index contributed by atoms with van der Waals surface area (Å²) < 4.78 is 135. The van der Waals surface area contributed by atoms with Gasteiger partial charge in [0.2, 0.25) is 0 Å². The van der Waals surface area contributed by atoms with Gasteiger partial charge in [0.05, 0.1) is 0 Å². The van der Waals surface area contributed by atoms with E-state index in [1.54, 1.807) is 77.0 Å². The fourth-order valence-electron chi connectivity index (χ4n) is 4.82. The predicted molar refractivity (Wildman–Crippen MR) is 105 cm³/mol. The largest absolute Gasteiger partial charge is 0.743 e. The van der Waals surface area contributed by atoms with Gasteiger partial charge in [-0.2, -0.15) is 39.5 Å². The summed E-state index contributed by atoms with van der Waals surface area (Å²) in [7, 11) is -6.57. The summed E-state index contributed by atoms with van der Waals surface area (Å²) in [5.74, 6) is -14.8. The van der Waals surface area contributed by atoms with Gasteiger partial charge in [-0.25, -0.2) is 8.42 Å². The van der Waals surface area contributed by atoms with E-state index in [4.69, 9.17) is 0 Å². The molecule has 0 radical (unpaired) electrons. The Labute approximate surface area is 190 Å². The van der Waals surface area contributed by atoms with Gasteiger partial charge in [0.15, 0.2) is 10.1 Å². The van der Waals surface area contributed by atoms with E-state index in [1.165, 1.54) is 15.7 Å². The molecule has 0 spiro atoms. The average molecular weight is 539 g/mol. The van der Waals surface area contributed by atoms with Crippen LogP contribution in [-0.2, 0) is 21.0 Å². The zero-order valence-electron chi connectivity index (χ0n) is 17.7. The number of alkyl halides is 9. The molecule has 0 unspecified atom stereocenters. The summed E-state index contributed by atoms with van der Waals surface area (Å²) in [6, 6.07) is 0. The molecule has 0 bridgehead atoms. The predicted octanol–water partition coefficient (Wildman–Crippen LogP) is 6.39. The third kappa shape index (κ3) is 5.90. The molecule has 3 aliphatic rings. The van der Waals surface area contributed by atoms with E-state index in [9.17, 15) is 52.5 Å². The second kappa shape index (κ2) is 10.3. The zero-order chi connectivity index (χ0) is 25.3. The van der Waals surface area contributed by atoms with Crippen LogP contribution in [0, 0.1) is 0 Å². The van der Waals surface area contributed by atoms with E-state index in [1.807, 2.05) is 0 Å². The van der Waals surface area contributed by atoms with E-state index in [0.717, 1.165) is 10.9 Å². The van der Waals surface area contributed by atoms with Crippen LogP contribution >= 0.6 is 0 Å². The maximum atomic E-state index is 12.2. The van der Waals surface area contributed by atoms with Crippen molar-refractivity contribution in [2.75, 3.05) is 0 Å². The normalized spacial score (nSPS) is 22.8. The van der Waals surface area contributed by atoms with Crippen LogP contribution in [0.15, 0.2) is 0 Å². The third-order valence-electron chi connectivity index (χ3n) is 6.49. The minimum Gasteiger partial charge on any atom is -0.743 e. The van der Waals surface area contributed by atoms with E-state index in [0.29, 0.717) is 0 Å². The quantitative estimate of drug-likeness (QED) is 0.224. The van der Waals surface area contributed by atoms with Gasteiger partial charge in [-0.15, -0.1) is 0 Å². The summed E-state index contributed by atoms with van der Waals surface area (Å²) in [4.78, 5) is 0. The first-order valence-electron chi connectivity index (χ1n) is 10.8.